The molecule has 2 atom stereocenters. The molecule has 2 rings (SSSR count). The average molecular weight is 423 g/mol. The summed E-state index contributed by atoms with van der Waals surface area (Å²) < 4.78 is 1.04. The minimum Gasteiger partial charge on any atom is -0.340 e. The third-order valence-corrected chi connectivity index (χ3v) is 5.81. The topological polar surface area (TPSA) is 49.4 Å². The number of hydrogen-bond donors (Lipinski definition) is 1. The first kappa shape index (κ1) is 19.7. The van der Waals surface area contributed by atoms with Gasteiger partial charge in [0.15, 0.2) is 0 Å². The number of halogens is 1. The summed E-state index contributed by atoms with van der Waals surface area (Å²) >= 11 is 5.04. The highest BCUT2D eigenvalue weighted by atomic mass is 79.9. The molecule has 25 heavy (non-hydrogen) atoms. The Hall–Kier alpha value is -1.66. The first-order chi connectivity index (χ1) is 11.9. The van der Waals surface area contributed by atoms with E-state index in [0.717, 1.165) is 15.1 Å². The van der Waals surface area contributed by atoms with Crippen LogP contribution in [0.1, 0.15) is 35.5 Å². The Labute approximate surface area is 161 Å². The summed E-state index contributed by atoms with van der Waals surface area (Å²) in [5, 5.41) is 2.92. The smallest absolute Gasteiger partial charge is 0.251 e. The van der Waals surface area contributed by atoms with E-state index in [1.165, 1.54) is 0 Å². The van der Waals surface area contributed by atoms with Gasteiger partial charge >= 0.3 is 0 Å². The van der Waals surface area contributed by atoms with Crippen LogP contribution in [0.4, 0.5) is 0 Å². The molecule has 0 saturated heterocycles. The van der Waals surface area contributed by atoms with Crippen LogP contribution >= 0.6 is 27.3 Å². The largest absolute Gasteiger partial charge is 0.340 e. The minimum atomic E-state index is -0.536. The normalized spacial score (nSPS) is 13.1. The third kappa shape index (κ3) is 5.41. The summed E-state index contributed by atoms with van der Waals surface area (Å²) in [6.45, 7) is 4.54. The lowest BCUT2D eigenvalue weighted by atomic mass is 9.97. The summed E-state index contributed by atoms with van der Waals surface area (Å²) in [7, 11) is 1.78. The highest BCUT2D eigenvalue weighted by Gasteiger charge is 2.29. The molecule has 1 aromatic heterocycles. The maximum absolute atomic E-state index is 12.9. The van der Waals surface area contributed by atoms with E-state index in [0.29, 0.717) is 12.1 Å². The highest BCUT2D eigenvalue weighted by Crippen LogP contribution is 2.23. The van der Waals surface area contributed by atoms with E-state index in [1.54, 1.807) is 35.4 Å². The Morgan fingerprint density at radius 1 is 1.20 bits per heavy atom. The van der Waals surface area contributed by atoms with E-state index < -0.39 is 6.04 Å². The molecule has 0 fully saturated rings. The molecular weight excluding hydrogens is 400 g/mol. The van der Waals surface area contributed by atoms with Crippen molar-refractivity contribution in [2.24, 2.45) is 5.92 Å². The maximum atomic E-state index is 12.9. The van der Waals surface area contributed by atoms with Crippen LogP contribution in [0.15, 0.2) is 46.3 Å². The van der Waals surface area contributed by atoms with Gasteiger partial charge in [0.05, 0.1) is 10.3 Å². The van der Waals surface area contributed by atoms with Crippen LogP contribution in [0, 0.1) is 5.92 Å². The van der Waals surface area contributed by atoms with E-state index in [4.69, 9.17) is 0 Å². The molecule has 1 N–H and O–H groups in total. The van der Waals surface area contributed by atoms with Gasteiger partial charge < -0.3 is 10.2 Å². The summed E-state index contributed by atoms with van der Waals surface area (Å²) in [4.78, 5) is 28.2. The molecule has 0 spiro atoms. The zero-order chi connectivity index (χ0) is 18.4. The summed E-state index contributed by atoms with van der Waals surface area (Å²) in [6, 6.07) is 12.4. The van der Waals surface area contributed by atoms with Gasteiger partial charge in [-0.15, -0.1) is 11.3 Å². The van der Waals surface area contributed by atoms with E-state index in [9.17, 15) is 9.59 Å². The molecule has 2 amide bonds. The van der Waals surface area contributed by atoms with E-state index in [1.807, 2.05) is 44.2 Å². The zero-order valence-corrected chi connectivity index (χ0v) is 17.1. The molecule has 4 nitrogen and oxygen atoms in total. The number of carbonyl (C=O) groups excluding carboxylic acids is 2. The van der Waals surface area contributed by atoms with Crippen molar-refractivity contribution in [3.63, 3.8) is 0 Å². The van der Waals surface area contributed by atoms with Crippen molar-refractivity contribution in [3.05, 3.63) is 56.7 Å². The van der Waals surface area contributed by atoms with Crippen molar-refractivity contribution in [1.29, 1.82) is 0 Å². The van der Waals surface area contributed by atoms with Gasteiger partial charge in [-0.1, -0.05) is 38.5 Å². The van der Waals surface area contributed by atoms with Crippen LogP contribution in [0.5, 0.6) is 0 Å². The molecule has 0 saturated carbocycles. The number of thiophene rings is 1. The van der Waals surface area contributed by atoms with Crippen LogP contribution in [-0.4, -0.2) is 29.8 Å². The standard InChI is InChI=1S/C19H23BrN2O2S/c1-4-13(2)17(21-18(23)14-8-6-5-7-9-14)19(24)22(3)12-15-10-11-16(20)25-15/h5-11,13,17H,4,12H2,1-3H3,(H,21,23)/t13-,17-/m0/s1. The Morgan fingerprint density at radius 3 is 2.44 bits per heavy atom. The Morgan fingerprint density at radius 2 is 1.88 bits per heavy atom. The van der Waals surface area contributed by atoms with Gasteiger partial charge in [-0.25, -0.2) is 0 Å². The summed E-state index contributed by atoms with van der Waals surface area (Å²) in [6.07, 6.45) is 0.809. The van der Waals surface area contributed by atoms with Crippen molar-refractivity contribution < 1.29 is 9.59 Å². The highest BCUT2D eigenvalue weighted by molar-refractivity contribution is 9.11. The van der Waals surface area contributed by atoms with Gasteiger partial charge in [0.25, 0.3) is 5.91 Å². The number of rotatable bonds is 7. The maximum Gasteiger partial charge on any atom is 0.251 e. The molecule has 134 valence electrons. The predicted octanol–water partition coefficient (Wildman–Crippen LogP) is 4.31. The molecule has 6 heteroatoms. The quantitative estimate of drug-likeness (QED) is 0.722. The number of benzene rings is 1. The number of likely N-dealkylation sites (N-methyl/N-ethyl adjacent to an activating group) is 1. The fourth-order valence-electron chi connectivity index (χ4n) is 2.48. The van der Waals surface area contributed by atoms with Gasteiger partial charge in [0.2, 0.25) is 5.91 Å². The molecule has 1 aromatic carbocycles. The molecule has 0 aliphatic heterocycles. The number of nitrogens with one attached hydrogen (secondary N) is 1. The molecule has 2 aromatic rings. The van der Waals surface area contributed by atoms with E-state index >= 15 is 0 Å². The van der Waals surface area contributed by atoms with Gasteiger partial charge in [0, 0.05) is 17.5 Å². The SMILES string of the molecule is CC[C@H](C)[C@H](NC(=O)c1ccccc1)C(=O)N(C)Cc1ccc(Br)s1. The first-order valence-electron chi connectivity index (χ1n) is 8.27. The zero-order valence-electron chi connectivity index (χ0n) is 14.7. The van der Waals surface area contributed by atoms with E-state index in [2.05, 4.69) is 21.2 Å². The second-order valence-corrected chi connectivity index (χ2v) is 8.65. The lowest BCUT2D eigenvalue weighted by Crippen LogP contribution is -2.50. The molecule has 0 radical (unpaired) electrons. The molecule has 0 aliphatic rings. The summed E-state index contributed by atoms with van der Waals surface area (Å²) in [5.41, 5.74) is 0.563. The Balaban J connectivity index is 2.10. The van der Waals surface area contributed by atoms with Gasteiger partial charge in [-0.05, 0) is 46.1 Å². The lowest BCUT2D eigenvalue weighted by molar-refractivity contribution is -0.133. The molecule has 1 heterocycles. The number of hydrogen-bond acceptors (Lipinski definition) is 3. The number of amides is 2. The minimum absolute atomic E-state index is 0.0534. The second-order valence-electron chi connectivity index (χ2n) is 6.10. The Bertz CT molecular complexity index is 717. The van der Waals surface area contributed by atoms with Crippen molar-refractivity contribution in [2.75, 3.05) is 7.05 Å². The summed E-state index contributed by atoms with van der Waals surface area (Å²) in [5.74, 6) is -0.229. The van der Waals surface area contributed by atoms with Gasteiger partial charge in [-0.3, -0.25) is 9.59 Å². The van der Waals surface area contributed by atoms with Crippen LogP contribution in [0.2, 0.25) is 0 Å². The third-order valence-electron chi connectivity index (χ3n) is 4.20. The van der Waals surface area contributed by atoms with E-state index in [-0.39, 0.29) is 17.7 Å². The lowest BCUT2D eigenvalue weighted by Gasteiger charge is -2.28. The van der Waals surface area contributed by atoms with Gasteiger partial charge in [0.1, 0.15) is 6.04 Å². The van der Waals surface area contributed by atoms with Crippen molar-refractivity contribution >= 4 is 39.1 Å². The number of nitrogens with zero attached hydrogens (tertiary/aromatic N) is 1. The number of carbonyl (C=O) groups is 2. The second kappa shape index (κ2) is 9.15. The Kier molecular flexibility index (Phi) is 7.20. The van der Waals surface area contributed by atoms with Crippen LogP contribution < -0.4 is 5.32 Å². The van der Waals surface area contributed by atoms with Crippen LogP contribution in [0.3, 0.4) is 0 Å². The van der Waals surface area contributed by atoms with Gasteiger partial charge in [-0.2, -0.15) is 0 Å². The fourth-order valence-corrected chi connectivity index (χ4v) is 4.02. The average Bonchev–Trinajstić information content (AvgIpc) is 3.03. The molecule has 0 aliphatic carbocycles. The fraction of sp³-hybridized carbons (Fsp3) is 0.368. The van der Waals surface area contributed by atoms with Crippen LogP contribution in [0.25, 0.3) is 0 Å². The monoisotopic (exact) mass is 422 g/mol. The molecule has 0 bridgehead atoms. The first-order valence-corrected chi connectivity index (χ1v) is 9.88. The van der Waals surface area contributed by atoms with Crippen LogP contribution in [-0.2, 0) is 11.3 Å². The predicted molar refractivity (Wildman–Crippen MR) is 106 cm³/mol. The molecular formula is C19H23BrN2O2S. The van der Waals surface area contributed by atoms with Crippen molar-refractivity contribution in [1.82, 2.24) is 10.2 Å². The molecule has 0 unspecified atom stereocenters. The van der Waals surface area contributed by atoms with Crippen molar-refractivity contribution in [2.45, 2.75) is 32.9 Å². The van der Waals surface area contributed by atoms with Crippen molar-refractivity contribution in [3.8, 4) is 0 Å².